The van der Waals surface area contributed by atoms with Crippen LogP contribution in [0, 0.1) is 5.82 Å². The first-order chi connectivity index (χ1) is 12.4. The zero-order valence-corrected chi connectivity index (χ0v) is 14.5. The summed E-state index contributed by atoms with van der Waals surface area (Å²) < 4.78 is 14.5. The maximum atomic E-state index is 13.1. The van der Waals surface area contributed by atoms with E-state index in [-0.39, 0.29) is 17.9 Å². The van der Waals surface area contributed by atoms with Gasteiger partial charge in [0.25, 0.3) is 5.91 Å². The Bertz CT molecular complexity index is 922. The van der Waals surface area contributed by atoms with Crippen LogP contribution in [-0.4, -0.2) is 31.7 Å². The fourth-order valence-corrected chi connectivity index (χ4v) is 3.14. The highest BCUT2D eigenvalue weighted by atomic mass is 32.1. The molecule has 2 heterocycles. The SMILES string of the molecule is Cn1nc(-c2ccc(F)cc2)cc1C(=O)NC(CC(=O)O)c1nccs1. The average molecular weight is 374 g/mol. The van der Waals surface area contributed by atoms with E-state index >= 15 is 0 Å². The fraction of sp³-hybridized carbons (Fsp3) is 0.176. The molecule has 0 aliphatic carbocycles. The lowest BCUT2D eigenvalue weighted by atomic mass is 10.1. The van der Waals surface area contributed by atoms with Crippen LogP contribution in [0.3, 0.4) is 0 Å². The van der Waals surface area contributed by atoms with E-state index in [4.69, 9.17) is 5.11 Å². The van der Waals surface area contributed by atoms with Crippen molar-refractivity contribution < 1.29 is 19.1 Å². The van der Waals surface area contributed by atoms with Crippen molar-refractivity contribution in [3.63, 3.8) is 0 Å². The van der Waals surface area contributed by atoms with E-state index in [1.807, 2.05) is 0 Å². The maximum Gasteiger partial charge on any atom is 0.305 e. The van der Waals surface area contributed by atoms with Crippen molar-refractivity contribution in [3.05, 3.63) is 58.4 Å². The summed E-state index contributed by atoms with van der Waals surface area (Å²) >= 11 is 1.27. The van der Waals surface area contributed by atoms with Crippen LogP contribution in [0.15, 0.2) is 41.9 Å². The molecule has 0 saturated heterocycles. The highest BCUT2D eigenvalue weighted by Crippen LogP contribution is 2.22. The van der Waals surface area contributed by atoms with Gasteiger partial charge in [-0.15, -0.1) is 11.3 Å². The van der Waals surface area contributed by atoms with Crippen molar-refractivity contribution in [2.75, 3.05) is 0 Å². The molecule has 0 aliphatic heterocycles. The monoisotopic (exact) mass is 374 g/mol. The Morgan fingerprint density at radius 1 is 1.35 bits per heavy atom. The summed E-state index contributed by atoms with van der Waals surface area (Å²) in [7, 11) is 1.61. The molecule has 0 spiro atoms. The Hall–Kier alpha value is -3.07. The topological polar surface area (TPSA) is 97.1 Å². The number of amides is 1. The molecule has 1 atom stereocenters. The molecule has 0 fully saturated rings. The Labute approximate surface area is 152 Å². The van der Waals surface area contributed by atoms with Crippen molar-refractivity contribution in [3.8, 4) is 11.3 Å². The van der Waals surface area contributed by atoms with Crippen molar-refractivity contribution >= 4 is 23.2 Å². The minimum Gasteiger partial charge on any atom is -0.481 e. The van der Waals surface area contributed by atoms with Crippen molar-refractivity contribution in [2.24, 2.45) is 7.05 Å². The van der Waals surface area contributed by atoms with Crippen LogP contribution in [-0.2, 0) is 11.8 Å². The number of carbonyl (C=O) groups is 2. The number of thiazole rings is 1. The zero-order chi connectivity index (χ0) is 18.7. The van der Waals surface area contributed by atoms with E-state index in [2.05, 4.69) is 15.4 Å². The standard InChI is InChI=1S/C17H15FN4O3S/c1-22-14(8-12(21-22)10-2-4-11(18)5-3-10)16(25)20-13(9-15(23)24)17-19-6-7-26-17/h2-8,13H,9H2,1H3,(H,20,25)(H,23,24). The van der Waals surface area contributed by atoms with Crippen molar-refractivity contribution in [1.82, 2.24) is 20.1 Å². The fourth-order valence-electron chi connectivity index (χ4n) is 2.45. The number of aryl methyl sites for hydroxylation is 1. The van der Waals surface area contributed by atoms with Gasteiger partial charge in [0.05, 0.1) is 18.2 Å². The van der Waals surface area contributed by atoms with Crippen LogP contribution < -0.4 is 5.32 Å². The van der Waals surface area contributed by atoms with Crippen molar-refractivity contribution in [2.45, 2.75) is 12.5 Å². The van der Waals surface area contributed by atoms with E-state index in [1.54, 1.807) is 36.8 Å². The summed E-state index contributed by atoms with van der Waals surface area (Å²) in [5, 5.41) is 18.3. The molecule has 0 bridgehead atoms. The molecular formula is C17H15FN4O3S. The molecule has 3 aromatic rings. The lowest BCUT2D eigenvalue weighted by Crippen LogP contribution is -2.31. The first kappa shape index (κ1) is 17.7. The van der Waals surface area contributed by atoms with Gasteiger partial charge in [-0.3, -0.25) is 14.3 Å². The molecular weight excluding hydrogens is 359 g/mol. The number of aromatic nitrogens is 3. The highest BCUT2D eigenvalue weighted by Gasteiger charge is 2.23. The quantitative estimate of drug-likeness (QED) is 0.691. The normalized spacial score (nSPS) is 11.9. The Morgan fingerprint density at radius 2 is 2.08 bits per heavy atom. The summed E-state index contributed by atoms with van der Waals surface area (Å²) in [6, 6.07) is 6.61. The van der Waals surface area contributed by atoms with Crippen LogP contribution in [0.1, 0.15) is 28.0 Å². The number of carbonyl (C=O) groups excluding carboxylic acids is 1. The third-order valence-electron chi connectivity index (χ3n) is 3.69. The maximum absolute atomic E-state index is 13.1. The van der Waals surface area contributed by atoms with Gasteiger partial charge in [0, 0.05) is 24.2 Å². The molecule has 7 nitrogen and oxygen atoms in total. The summed E-state index contributed by atoms with van der Waals surface area (Å²) in [5.74, 6) is -1.86. The van der Waals surface area contributed by atoms with Gasteiger partial charge >= 0.3 is 5.97 Å². The van der Waals surface area contributed by atoms with Crippen LogP contribution in [0.4, 0.5) is 4.39 Å². The predicted molar refractivity (Wildman–Crippen MR) is 93.2 cm³/mol. The second-order valence-corrected chi connectivity index (χ2v) is 6.47. The Kier molecular flexibility index (Phi) is 5.08. The van der Waals surface area contributed by atoms with Gasteiger partial charge < -0.3 is 10.4 Å². The third-order valence-corrected chi connectivity index (χ3v) is 4.58. The first-order valence-electron chi connectivity index (χ1n) is 7.66. The van der Waals surface area contributed by atoms with E-state index < -0.39 is 17.9 Å². The molecule has 1 amide bonds. The molecule has 9 heteroatoms. The van der Waals surface area contributed by atoms with Crippen LogP contribution in [0.25, 0.3) is 11.3 Å². The number of nitrogens with zero attached hydrogens (tertiary/aromatic N) is 3. The second kappa shape index (κ2) is 7.44. The number of carboxylic acid groups (broad SMARTS) is 1. The molecule has 0 aliphatic rings. The van der Waals surface area contributed by atoms with E-state index in [0.29, 0.717) is 16.3 Å². The molecule has 0 radical (unpaired) electrons. The number of benzene rings is 1. The Morgan fingerprint density at radius 3 is 2.69 bits per heavy atom. The van der Waals surface area contributed by atoms with Crippen LogP contribution in [0.5, 0.6) is 0 Å². The predicted octanol–water partition coefficient (Wildman–Crippen LogP) is 2.63. The number of aliphatic carboxylic acids is 1. The van der Waals surface area contributed by atoms with Gasteiger partial charge in [0.2, 0.25) is 0 Å². The summed E-state index contributed by atoms with van der Waals surface area (Å²) in [6.45, 7) is 0. The van der Waals surface area contributed by atoms with Gasteiger partial charge in [0.1, 0.15) is 16.5 Å². The minimum absolute atomic E-state index is 0.260. The van der Waals surface area contributed by atoms with Crippen LogP contribution in [0.2, 0.25) is 0 Å². The number of rotatable bonds is 6. The zero-order valence-electron chi connectivity index (χ0n) is 13.7. The molecule has 1 aromatic carbocycles. The number of hydrogen-bond acceptors (Lipinski definition) is 5. The second-order valence-electron chi connectivity index (χ2n) is 5.54. The number of carboxylic acids is 1. The third kappa shape index (κ3) is 3.94. The average Bonchev–Trinajstić information content (AvgIpc) is 3.24. The highest BCUT2D eigenvalue weighted by molar-refractivity contribution is 7.09. The minimum atomic E-state index is -1.04. The number of hydrogen-bond donors (Lipinski definition) is 2. The molecule has 134 valence electrons. The largest absolute Gasteiger partial charge is 0.481 e. The van der Waals surface area contributed by atoms with Gasteiger partial charge in [0.15, 0.2) is 0 Å². The van der Waals surface area contributed by atoms with E-state index in [1.165, 1.54) is 28.2 Å². The summed E-state index contributed by atoms with van der Waals surface area (Å²) in [5.41, 5.74) is 1.45. The van der Waals surface area contributed by atoms with E-state index in [0.717, 1.165) is 0 Å². The van der Waals surface area contributed by atoms with Crippen molar-refractivity contribution in [1.29, 1.82) is 0 Å². The van der Waals surface area contributed by atoms with Gasteiger partial charge in [-0.2, -0.15) is 5.10 Å². The van der Waals surface area contributed by atoms with E-state index in [9.17, 15) is 14.0 Å². The van der Waals surface area contributed by atoms with Gasteiger partial charge in [-0.1, -0.05) is 0 Å². The lowest BCUT2D eigenvalue weighted by molar-refractivity contribution is -0.137. The molecule has 2 aromatic heterocycles. The summed E-state index contributed by atoms with van der Waals surface area (Å²) in [6.07, 6.45) is 1.28. The first-order valence-corrected chi connectivity index (χ1v) is 8.54. The molecule has 1 unspecified atom stereocenters. The molecule has 3 rings (SSSR count). The molecule has 2 N–H and O–H groups in total. The van der Waals surface area contributed by atoms with Gasteiger partial charge in [-0.05, 0) is 30.3 Å². The lowest BCUT2D eigenvalue weighted by Gasteiger charge is -2.14. The molecule has 0 saturated carbocycles. The number of nitrogens with one attached hydrogen (secondary N) is 1. The van der Waals surface area contributed by atoms with Crippen LogP contribution >= 0.6 is 11.3 Å². The number of halogens is 1. The summed E-state index contributed by atoms with van der Waals surface area (Å²) in [4.78, 5) is 27.8. The Balaban J connectivity index is 1.82. The smallest absolute Gasteiger partial charge is 0.305 e. The molecule has 26 heavy (non-hydrogen) atoms. The van der Waals surface area contributed by atoms with Gasteiger partial charge in [-0.25, -0.2) is 9.37 Å².